The first-order valence-corrected chi connectivity index (χ1v) is 12.6. The molecule has 0 bridgehead atoms. The number of aryl methyl sites for hydroxylation is 1. The topological polar surface area (TPSA) is 66.8 Å². The molecule has 3 aromatic rings. The number of carbonyl (C=O) groups is 2. The van der Waals surface area contributed by atoms with Gasteiger partial charge in [0.25, 0.3) is 11.7 Å². The van der Waals surface area contributed by atoms with Crippen molar-refractivity contribution in [1.82, 2.24) is 0 Å². The molecule has 5 heteroatoms. The maximum atomic E-state index is 13.5. The Kier molecular flexibility index (Phi) is 7.00. The van der Waals surface area contributed by atoms with E-state index in [2.05, 4.69) is 34.6 Å². The monoisotopic (exact) mass is 497 g/mol. The number of nitrogens with zero attached hydrogens (tertiary/aromatic N) is 1. The minimum absolute atomic E-state index is 0.0774. The Morgan fingerprint density at radius 2 is 1.65 bits per heavy atom. The van der Waals surface area contributed by atoms with Gasteiger partial charge in [-0.3, -0.25) is 14.5 Å². The second kappa shape index (κ2) is 9.89. The molecule has 1 heterocycles. The van der Waals surface area contributed by atoms with Gasteiger partial charge in [0, 0.05) is 16.8 Å². The number of anilines is 1. The van der Waals surface area contributed by atoms with Crippen molar-refractivity contribution in [2.75, 3.05) is 12.0 Å². The second-order valence-corrected chi connectivity index (χ2v) is 11.0. The molecule has 1 fully saturated rings. The van der Waals surface area contributed by atoms with E-state index in [1.165, 1.54) is 4.90 Å². The highest BCUT2D eigenvalue weighted by molar-refractivity contribution is 6.51. The lowest BCUT2D eigenvalue weighted by Gasteiger charge is -2.26. The Balaban J connectivity index is 1.94. The molecule has 0 saturated carbocycles. The van der Waals surface area contributed by atoms with E-state index in [-0.39, 0.29) is 16.7 Å². The van der Waals surface area contributed by atoms with Crippen LogP contribution in [-0.2, 0) is 15.0 Å². The molecule has 0 radical (unpaired) electrons. The summed E-state index contributed by atoms with van der Waals surface area (Å²) in [6.45, 7) is 12.3. The summed E-state index contributed by atoms with van der Waals surface area (Å²) in [5, 5.41) is 11.6. The van der Waals surface area contributed by atoms with E-state index in [1.807, 2.05) is 61.5 Å². The highest BCUT2D eigenvalue weighted by atomic mass is 16.5. The normalized spacial score (nSPS) is 17.5. The highest BCUT2D eigenvalue weighted by Gasteiger charge is 2.47. The molecule has 0 aromatic heterocycles. The third-order valence-electron chi connectivity index (χ3n) is 6.92. The van der Waals surface area contributed by atoms with E-state index >= 15 is 0 Å². The van der Waals surface area contributed by atoms with Gasteiger partial charge in [0.2, 0.25) is 0 Å². The van der Waals surface area contributed by atoms with Gasteiger partial charge in [-0.05, 0) is 59.7 Å². The molecule has 4 rings (SSSR count). The third kappa shape index (κ3) is 4.91. The number of Topliss-reactive ketones (excluding diaryl/α,β-unsaturated/α-hetero) is 1. The Morgan fingerprint density at radius 1 is 0.973 bits per heavy atom. The number of ether oxygens (including phenoxy) is 1. The molecule has 3 aromatic carbocycles. The summed E-state index contributed by atoms with van der Waals surface area (Å²) in [4.78, 5) is 28.5. The molecule has 0 spiro atoms. The summed E-state index contributed by atoms with van der Waals surface area (Å²) in [5.41, 5.74) is 4.69. The van der Waals surface area contributed by atoms with E-state index in [4.69, 9.17) is 4.74 Å². The number of amides is 1. The molecular weight excluding hydrogens is 462 g/mol. The van der Waals surface area contributed by atoms with Crippen molar-refractivity contribution in [2.24, 2.45) is 0 Å². The number of benzene rings is 3. The maximum absolute atomic E-state index is 13.5. The van der Waals surface area contributed by atoms with Crippen molar-refractivity contribution in [3.8, 4) is 5.75 Å². The zero-order chi connectivity index (χ0) is 27.1. The van der Waals surface area contributed by atoms with Crippen LogP contribution in [0.5, 0.6) is 5.75 Å². The van der Waals surface area contributed by atoms with E-state index in [1.54, 1.807) is 19.2 Å². The molecule has 0 aliphatic carbocycles. The Labute approximate surface area is 219 Å². The van der Waals surface area contributed by atoms with Crippen LogP contribution >= 0.6 is 0 Å². The first-order valence-electron chi connectivity index (χ1n) is 12.6. The summed E-state index contributed by atoms with van der Waals surface area (Å²) in [6, 6.07) is 20.0. The lowest BCUT2D eigenvalue weighted by Crippen LogP contribution is -2.29. The van der Waals surface area contributed by atoms with Gasteiger partial charge in [-0.1, -0.05) is 76.6 Å². The van der Waals surface area contributed by atoms with Crippen molar-refractivity contribution in [3.63, 3.8) is 0 Å². The average Bonchev–Trinajstić information content (AvgIpc) is 3.13. The Bertz CT molecular complexity index is 1380. The third-order valence-corrected chi connectivity index (χ3v) is 6.92. The van der Waals surface area contributed by atoms with Crippen LogP contribution in [0.15, 0.2) is 72.3 Å². The number of carbonyl (C=O) groups excluding carboxylic acids is 2. The van der Waals surface area contributed by atoms with Crippen LogP contribution < -0.4 is 9.64 Å². The molecular formula is C32H35NO4. The van der Waals surface area contributed by atoms with E-state index < -0.39 is 17.7 Å². The number of methoxy groups -OCH3 is 1. The van der Waals surface area contributed by atoms with Gasteiger partial charge in [0.15, 0.2) is 0 Å². The molecule has 1 amide bonds. The summed E-state index contributed by atoms with van der Waals surface area (Å²) in [6.07, 6.45) is 0. The van der Waals surface area contributed by atoms with Crippen molar-refractivity contribution >= 4 is 23.1 Å². The molecule has 1 atom stereocenters. The second-order valence-electron chi connectivity index (χ2n) is 11.0. The highest BCUT2D eigenvalue weighted by Crippen LogP contribution is 2.43. The lowest BCUT2D eigenvalue weighted by molar-refractivity contribution is -0.132. The van der Waals surface area contributed by atoms with Gasteiger partial charge in [0.05, 0.1) is 18.7 Å². The molecule has 5 nitrogen and oxygen atoms in total. The summed E-state index contributed by atoms with van der Waals surface area (Å²) in [5.74, 6) is -0.520. The summed E-state index contributed by atoms with van der Waals surface area (Å²) >= 11 is 0. The van der Waals surface area contributed by atoms with Crippen LogP contribution in [0.4, 0.5) is 5.69 Å². The van der Waals surface area contributed by atoms with Gasteiger partial charge in [-0.2, -0.15) is 0 Å². The van der Waals surface area contributed by atoms with E-state index in [9.17, 15) is 14.7 Å². The molecule has 192 valence electrons. The predicted molar refractivity (Wildman–Crippen MR) is 148 cm³/mol. The van der Waals surface area contributed by atoms with Crippen LogP contribution in [0.2, 0.25) is 0 Å². The molecule has 1 saturated heterocycles. The van der Waals surface area contributed by atoms with Crippen molar-refractivity contribution < 1.29 is 19.4 Å². The number of hydrogen-bond donors (Lipinski definition) is 1. The average molecular weight is 498 g/mol. The van der Waals surface area contributed by atoms with Gasteiger partial charge in [-0.25, -0.2) is 0 Å². The van der Waals surface area contributed by atoms with Crippen LogP contribution in [0.3, 0.4) is 0 Å². The first kappa shape index (κ1) is 26.2. The van der Waals surface area contributed by atoms with Crippen molar-refractivity contribution in [3.05, 3.63) is 100 Å². The fourth-order valence-electron chi connectivity index (χ4n) is 4.87. The predicted octanol–water partition coefficient (Wildman–Crippen LogP) is 7.05. The minimum Gasteiger partial charge on any atom is -0.507 e. The van der Waals surface area contributed by atoms with Crippen LogP contribution in [0.1, 0.15) is 74.4 Å². The number of hydrogen-bond acceptors (Lipinski definition) is 4. The van der Waals surface area contributed by atoms with Crippen molar-refractivity contribution in [2.45, 2.75) is 58.9 Å². The smallest absolute Gasteiger partial charge is 0.300 e. The number of rotatable bonds is 5. The SMILES string of the molecule is COc1ccc(/C(O)=C2/C(=O)C(=O)N(c3ccc(C(C)C)cc3)C2c2cccc(C)c2)cc1C(C)(C)C. The maximum Gasteiger partial charge on any atom is 0.300 e. The van der Waals surface area contributed by atoms with Gasteiger partial charge < -0.3 is 9.84 Å². The van der Waals surface area contributed by atoms with Gasteiger partial charge >= 0.3 is 0 Å². The molecule has 1 N–H and O–H groups in total. The van der Waals surface area contributed by atoms with Crippen molar-refractivity contribution in [1.29, 1.82) is 0 Å². The molecule has 37 heavy (non-hydrogen) atoms. The Morgan fingerprint density at radius 3 is 2.22 bits per heavy atom. The standard InChI is InChI=1S/C32H35NO4/c1-19(2)21-11-14-24(15-12-21)33-28(22-10-8-9-20(3)17-22)27(30(35)31(33)36)29(34)23-13-16-26(37-7)25(18-23)32(4,5)6/h8-19,28,34H,1-7H3/b29-27-. The fraction of sp³-hybridized carbons (Fsp3) is 0.312. The van der Waals surface area contributed by atoms with Crippen LogP contribution in [0, 0.1) is 6.92 Å². The zero-order valence-electron chi connectivity index (χ0n) is 22.6. The quantitative estimate of drug-likeness (QED) is 0.233. The molecule has 1 aliphatic heterocycles. The molecule has 1 unspecified atom stereocenters. The van der Waals surface area contributed by atoms with Gasteiger partial charge in [-0.15, -0.1) is 0 Å². The summed E-state index contributed by atoms with van der Waals surface area (Å²) < 4.78 is 5.55. The summed E-state index contributed by atoms with van der Waals surface area (Å²) in [7, 11) is 1.61. The van der Waals surface area contributed by atoms with Gasteiger partial charge in [0.1, 0.15) is 11.5 Å². The number of aliphatic hydroxyl groups excluding tert-OH is 1. The van der Waals surface area contributed by atoms with Crippen LogP contribution in [-0.4, -0.2) is 23.9 Å². The van der Waals surface area contributed by atoms with E-state index in [0.29, 0.717) is 22.9 Å². The Hall–Kier alpha value is -3.86. The number of aliphatic hydroxyl groups is 1. The lowest BCUT2D eigenvalue weighted by atomic mass is 9.84. The number of ketones is 1. The van der Waals surface area contributed by atoms with Crippen LogP contribution in [0.25, 0.3) is 5.76 Å². The fourth-order valence-corrected chi connectivity index (χ4v) is 4.87. The zero-order valence-corrected chi connectivity index (χ0v) is 22.6. The molecule has 1 aliphatic rings. The first-order chi connectivity index (χ1) is 17.4. The largest absolute Gasteiger partial charge is 0.507 e. The minimum atomic E-state index is -0.759. The van der Waals surface area contributed by atoms with E-state index in [0.717, 1.165) is 22.3 Å².